The van der Waals surface area contributed by atoms with Gasteiger partial charge in [0, 0.05) is 35.6 Å². The standard InChI is InChI=1S/C20H22ClN5OS/c21-15-7-5-13(6-8-15)17-12-26-20(23-17)28-19(24-26)22-16-9-10-25(11-16)18(27)14-3-1-2-4-14/h5-8,12,14,16H,1-4,9-11H2,(H,22,24). The molecule has 2 aromatic heterocycles. The van der Waals surface area contributed by atoms with Crippen molar-refractivity contribution in [2.24, 2.45) is 5.92 Å². The smallest absolute Gasteiger partial charge is 0.225 e. The summed E-state index contributed by atoms with van der Waals surface area (Å²) in [6.45, 7) is 1.61. The Morgan fingerprint density at radius 2 is 1.96 bits per heavy atom. The van der Waals surface area contributed by atoms with Gasteiger partial charge in [-0.25, -0.2) is 9.50 Å². The summed E-state index contributed by atoms with van der Waals surface area (Å²) in [4.78, 5) is 20.2. The molecule has 1 amide bonds. The van der Waals surface area contributed by atoms with Gasteiger partial charge >= 0.3 is 0 Å². The van der Waals surface area contributed by atoms with E-state index >= 15 is 0 Å². The van der Waals surface area contributed by atoms with Gasteiger partial charge in [-0.05, 0) is 31.4 Å². The highest BCUT2D eigenvalue weighted by atomic mass is 35.5. The minimum Gasteiger partial charge on any atom is -0.355 e. The van der Waals surface area contributed by atoms with Gasteiger partial charge in [0.2, 0.25) is 16.0 Å². The highest BCUT2D eigenvalue weighted by Gasteiger charge is 2.32. The van der Waals surface area contributed by atoms with Crippen LogP contribution >= 0.6 is 22.9 Å². The molecule has 2 aliphatic rings. The second kappa shape index (κ2) is 7.37. The first-order valence-electron chi connectivity index (χ1n) is 9.83. The molecule has 28 heavy (non-hydrogen) atoms. The lowest BCUT2D eigenvalue weighted by Crippen LogP contribution is -2.35. The van der Waals surface area contributed by atoms with Crippen molar-refractivity contribution in [2.75, 3.05) is 18.4 Å². The Morgan fingerprint density at radius 3 is 2.71 bits per heavy atom. The molecule has 8 heteroatoms. The molecule has 1 unspecified atom stereocenters. The minimum atomic E-state index is 0.258. The van der Waals surface area contributed by atoms with E-state index in [2.05, 4.69) is 15.4 Å². The molecule has 5 rings (SSSR count). The van der Waals surface area contributed by atoms with Crippen molar-refractivity contribution in [3.05, 3.63) is 35.5 Å². The maximum atomic E-state index is 12.6. The minimum absolute atomic E-state index is 0.258. The van der Waals surface area contributed by atoms with Gasteiger partial charge in [0.1, 0.15) is 0 Å². The molecule has 0 spiro atoms. The number of benzene rings is 1. The number of nitrogens with one attached hydrogen (secondary N) is 1. The summed E-state index contributed by atoms with van der Waals surface area (Å²) >= 11 is 7.49. The van der Waals surface area contributed by atoms with Gasteiger partial charge in [-0.15, -0.1) is 5.10 Å². The fourth-order valence-electron chi connectivity index (χ4n) is 4.20. The van der Waals surface area contributed by atoms with Crippen molar-refractivity contribution in [1.82, 2.24) is 19.5 Å². The summed E-state index contributed by atoms with van der Waals surface area (Å²) in [5.74, 6) is 0.608. The summed E-state index contributed by atoms with van der Waals surface area (Å²) in [6.07, 6.45) is 7.42. The van der Waals surface area contributed by atoms with Gasteiger partial charge in [-0.2, -0.15) is 0 Å². The Balaban J connectivity index is 1.24. The third-order valence-electron chi connectivity index (χ3n) is 5.72. The van der Waals surface area contributed by atoms with Crippen molar-refractivity contribution in [3.8, 4) is 11.3 Å². The normalized spacial score (nSPS) is 20.3. The lowest BCUT2D eigenvalue weighted by molar-refractivity contribution is -0.134. The highest BCUT2D eigenvalue weighted by Crippen LogP contribution is 2.29. The van der Waals surface area contributed by atoms with Crippen LogP contribution in [0.25, 0.3) is 16.2 Å². The van der Waals surface area contributed by atoms with E-state index in [4.69, 9.17) is 11.6 Å². The van der Waals surface area contributed by atoms with Crippen LogP contribution in [-0.2, 0) is 4.79 Å². The maximum absolute atomic E-state index is 12.6. The number of rotatable bonds is 4. The van der Waals surface area contributed by atoms with Crippen LogP contribution in [0.5, 0.6) is 0 Å². The molecule has 1 saturated heterocycles. The third-order valence-corrected chi connectivity index (χ3v) is 6.82. The van der Waals surface area contributed by atoms with E-state index in [9.17, 15) is 4.79 Å². The molecule has 3 aromatic rings. The number of hydrogen-bond acceptors (Lipinski definition) is 5. The fourth-order valence-corrected chi connectivity index (χ4v) is 5.19. The van der Waals surface area contributed by atoms with E-state index < -0.39 is 0 Å². The number of halogens is 1. The summed E-state index contributed by atoms with van der Waals surface area (Å²) < 4.78 is 1.81. The van der Waals surface area contributed by atoms with E-state index in [1.54, 1.807) is 0 Å². The Morgan fingerprint density at radius 1 is 1.18 bits per heavy atom. The van der Waals surface area contributed by atoms with Gasteiger partial charge in [-0.3, -0.25) is 4.79 Å². The maximum Gasteiger partial charge on any atom is 0.225 e. The van der Waals surface area contributed by atoms with Crippen LogP contribution in [0, 0.1) is 5.92 Å². The second-order valence-electron chi connectivity index (χ2n) is 7.66. The van der Waals surface area contributed by atoms with Gasteiger partial charge in [-0.1, -0.05) is 47.9 Å². The largest absolute Gasteiger partial charge is 0.355 e. The van der Waals surface area contributed by atoms with Crippen LogP contribution in [0.2, 0.25) is 5.02 Å². The average Bonchev–Trinajstić information content (AvgIpc) is 3.46. The molecule has 1 aromatic carbocycles. The SMILES string of the molecule is O=C(C1CCCC1)N1CCC(Nc2nn3cc(-c4ccc(Cl)cc4)nc3s2)C1. The molecule has 146 valence electrons. The van der Waals surface area contributed by atoms with Crippen molar-refractivity contribution in [3.63, 3.8) is 0 Å². The van der Waals surface area contributed by atoms with E-state index in [1.165, 1.54) is 24.2 Å². The summed E-state index contributed by atoms with van der Waals surface area (Å²) in [6, 6.07) is 7.91. The third kappa shape index (κ3) is 3.49. The zero-order chi connectivity index (χ0) is 19.1. The number of anilines is 1. The lowest BCUT2D eigenvalue weighted by atomic mass is 10.1. The fraction of sp³-hybridized carbons (Fsp3) is 0.450. The number of nitrogens with zero attached hydrogens (tertiary/aromatic N) is 4. The first kappa shape index (κ1) is 17.9. The first-order valence-corrected chi connectivity index (χ1v) is 11.0. The first-order chi connectivity index (χ1) is 13.7. The number of carbonyl (C=O) groups is 1. The Hall–Kier alpha value is -2.12. The van der Waals surface area contributed by atoms with Crippen LogP contribution in [0.3, 0.4) is 0 Å². The summed E-state index contributed by atoms with van der Waals surface area (Å²) in [5, 5.41) is 9.68. The highest BCUT2D eigenvalue weighted by molar-refractivity contribution is 7.20. The predicted molar refractivity (Wildman–Crippen MR) is 112 cm³/mol. The number of carbonyl (C=O) groups excluding carboxylic acids is 1. The number of fused-ring (bicyclic) bond motifs is 1. The van der Waals surface area contributed by atoms with E-state index in [1.807, 2.05) is 39.9 Å². The zero-order valence-electron chi connectivity index (χ0n) is 15.5. The second-order valence-corrected chi connectivity index (χ2v) is 9.06. The molecule has 1 aliphatic carbocycles. The van der Waals surface area contributed by atoms with Gasteiger partial charge in [0.25, 0.3) is 0 Å². The zero-order valence-corrected chi connectivity index (χ0v) is 17.0. The van der Waals surface area contributed by atoms with Crippen molar-refractivity contribution in [1.29, 1.82) is 0 Å². The van der Waals surface area contributed by atoms with Crippen LogP contribution in [0.4, 0.5) is 5.13 Å². The summed E-state index contributed by atoms with van der Waals surface area (Å²) in [5.41, 5.74) is 1.91. The van der Waals surface area contributed by atoms with E-state index in [0.29, 0.717) is 10.9 Å². The van der Waals surface area contributed by atoms with Gasteiger partial charge in [0.15, 0.2) is 0 Å². The van der Waals surface area contributed by atoms with Crippen LogP contribution in [0.1, 0.15) is 32.1 Å². The lowest BCUT2D eigenvalue weighted by Gasteiger charge is -2.20. The topological polar surface area (TPSA) is 62.5 Å². The molecular weight excluding hydrogens is 394 g/mol. The average molecular weight is 416 g/mol. The van der Waals surface area contributed by atoms with E-state index in [-0.39, 0.29) is 12.0 Å². The number of likely N-dealkylation sites (tertiary alicyclic amines) is 1. The Kier molecular flexibility index (Phi) is 4.72. The number of amides is 1. The molecule has 3 heterocycles. The molecule has 1 aliphatic heterocycles. The monoisotopic (exact) mass is 415 g/mol. The summed E-state index contributed by atoms with van der Waals surface area (Å²) in [7, 11) is 0. The van der Waals surface area contributed by atoms with Crippen LogP contribution in [-0.4, -0.2) is 44.5 Å². The molecular formula is C20H22ClN5OS. The van der Waals surface area contributed by atoms with Gasteiger partial charge < -0.3 is 10.2 Å². The molecule has 1 N–H and O–H groups in total. The molecule has 0 bridgehead atoms. The van der Waals surface area contributed by atoms with Crippen LogP contribution in [0.15, 0.2) is 30.5 Å². The molecule has 6 nitrogen and oxygen atoms in total. The van der Waals surface area contributed by atoms with E-state index in [0.717, 1.165) is 53.7 Å². The molecule has 1 saturated carbocycles. The molecule has 1 atom stereocenters. The quantitative estimate of drug-likeness (QED) is 0.689. The molecule has 0 radical (unpaired) electrons. The van der Waals surface area contributed by atoms with Gasteiger partial charge in [0.05, 0.1) is 11.9 Å². The van der Waals surface area contributed by atoms with Crippen molar-refractivity contribution >= 4 is 38.9 Å². The molecule has 2 fully saturated rings. The van der Waals surface area contributed by atoms with Crippen LogP contribution < -0.4 is 5.32 Å². The number of imidazole rings is 1. The number of aromatic nitrogens is 3. The predicted octanol–water partition coefficient (Wildman–Crippen LogP) is 4.31. The Bertz CT molecular complexity index is 960. The van der Waals surface area contributed by atoms with Crippen molar-refractivity contribution < 1.29 is 4.79 Å². The number of hydrogen-bond donors (Lipinski definition) is 1. The van der Waals surface area contributed by atoms with Crippen molar-refractivity contribution in [2.45, 2.75) is 38.1 Å². The Labute approximate surface area is 172 Å².